The zero-order valence-corrected chi connectivity index (χ0v) is 15.7. The van der Waals surface area contributed by atoms with Gasteiger partial charge in [0.15, 0.2) is 0 Å². The Kier molecular flexibility index (Phi) is 6.72. The zero-order valence-electron chi connectivity index (χ0n) is 15.7. The van der Waals surface area contributed by atoms with Crippen LogP contribution in [0.2, 0.25) is 0 Å². The average molecular weight is 354 g/mol. The van der Waals surface area contributed by atoms with E-state index in [4.69, 9.17) is 0 Å². The van der Waals surface area contributed by atoms with Crippen LogP contribution >= 0.6 is 0 Å². The summed E-state index contributed by atoms with van der Waals surface area (Å²) in [5, 5.41) is 5.66. The predicted octanol–water partition coefficient (Wildman–Crippen LogP) is 3.18. The van der Waals surface area contributed by atoms with Gasteiger partial charge in [0.25, 0.3) is 11.8 Å². The van der Waals surface area contributed by atoms with Gasteiger partial charge in [0.2, 0.25) is 0 Å². The molecule has 0 aliphatic carbocycles. The van der Waals surface area contributed by atoms with Crippen LogP contribution in [0, 0.1) is 5.92 Å². The van der Waals surface area contributed by atoms with Gasteiger partial charge in [-0.05, 0) is 48.7 Å². The molecule has 0 saturated carbocycles. The fourth-order valence-electron chi connectivity index (χ4n) is 2.31. The topological polar surface area (TPSA) is 74.3 Å². The van der Waals surface area contributed by atoms with Crippen molar-refractivity contribution in [3.05, 3.63) is 53.9 Å². The van der Waals surface area contributed by atoms with Gasteiger partial charge in [0.1, 0.15) is 5.69 Å². The van der Waals surface area contributed by atoms with E-state index in [2.05, 4.69) is 29.5 Å². The Hall–Kier alpha value is -2.89. The fraction of sp³-hybridized carbons (Fsp3) is 0.350. The number of carbonyl (C=O) groups excluding carboxylic acids is 2. The molecule has 1 aromatic heterocycles. The van der Waals surface area contributed by atoms with Gasteiger partial charge in [-0.1, -0.05) is 13.8 Å². The Bertz CT molecular complexity index is 755. The SMILES string of the molecule is CC(C)CCNC(=O)c1cc(C(=O)Nc2ccc(N(C)C)cc2)ccn1. The van der Waals surface area contributed by atoms with Crippen LogP contribution in [0.4, 0.5) is 11.4 Å². The van der Waals surface area contributed by atoms with Crippen molar-refractivity contribution in [1.29, 1.82) is 0 Å². The highest BCUT2D eigenvalue weighted by Gasteiger charge is 2.12. The van der Waals surface area contributed by atoms with Crippen molar-refractivity contribution in [1.82, 2.24) is 10.3 Å². The van der Waals surface area contributed by atoms with Gasteiger partial charge in [-0.25, -0.2) is 0 Å². The van der Waals surface area contributed by atoms with Crippen LogP contribution in [0.15, 0.2) is 42.6 Å². The summed E-state index contributed by atoms with van der Waals surface area (Å²) in [6.45, 7) is 4.79. The lowest BCUT2D eigenvalue weighted by Crippen LogP contribution is -2.26. The largest absolute Gasteiger partial charge is 0.378 e. The molecule has 1 heterocycles. The van der Waals surface area contributed by atoms with Gasteiger partial charge >= 0.3 is 0 Å². The molecule has 0 unspecified atom stereocenters. The standard InChI is InChI=1S/C20H26N4O2/c1-14(2)9-11-22-20(26)18-13-15(10-12-21-18)19(25)23-16-5-7-17(8-6-16)24(3)4/h5-8,10,12-14H,9,11H2,1-4H3,(H,22,26)(H,23,25). The van der Waals surface area contributed by atoms with Crippen LogP contribution in [-0.2, 0) is 0 Å². The molecule has 0 radical (unpaired) electrons. The quantitative estimate of drug-likeness (QED) is 0.801. The summed E-state index contributed by atoms with van der Waals surface area (Å²) in [5.74, 6) is -0.0314. The molecule has 138 valence electrons. The third-order valence-corrected chi connectivity index (χ3v) is 3.90. The van der Waals surface area contributed by atoms with Crippen molar-refractivity contribution in [2.75, 3.05) is 30.9 Å². The normalized spacial score (nSPS) is 10.5. The van der Waals surface area contributed by atoms with Crippen LogP contribution < -0.4 is 15.5 Å². The number of benzene rings is 1. The second-order valence-corrected chi connectivity index (χ2v) is 6.76. The molecule has 0 bridgehead atoms. The number of hydrogen-bond acceptors (Lipinski definition) is 4. The minimum absolute atomic E-state index is 0.240. The van der Waals surface area contributed by atoms with Crippen molar-refractivity contribution >= 4 is 23.2 Å². The van der Waals surface area contributed by atoms with E-state index in [0.29, 0.717) is 23.7 Å². The number of nitrogens with zero attached hydrogens (tertiary/aromatic N) is 2. The summed E-state index contributed by atoms with van der Waals surface area (Å²) >= 11 is 0. The second kappa shape index (κ2) is 8.99. The maximum Gasteiger partial charge on any atom is 0.269 e. The van der Waals surface area contributed by atoms with Crippen LogP contribution in [0.5, 0.6) is 0 Å². The minimum Gasteiger partial charge on any atom is -0.378 e. The molecule has 0 aliphatic heterocycles. The molecular formula is C20H26N4O2. The second-order valence-electron chi connectivity index (χ2n) is 6.76. The molecule has 0 saturated heterocycles. The van der Waals surface area contributed by atoms with Crippen molar-refractivity contribution < 1.29 is 9.59 Å². The minimum atomic E-state index is -0.277. The van der Waals surface area contributed by atoms with Crippen molar-refractivity contribution in [2.45, 2.75) is 20.3 Å². The Morgan fingerprint density at radius 3 is 2.38 bits per heavy atom. The lowest BCUT2D eigenvalue weighted by atomic mass is 10.1. The molecule has 1 aromatic carbocycles. The van der Waals surface area contributed by atoms with Gasteiger partial charge in [-0.15, -0.1) is 0 Å². The third-order valence-electron chi connectivity index (χ3n) is 3.90. The van der Waals surface area contributed by atoms with E-state index in [9.17, 15) is 9.59 Å². The van der Waals surface area contributed by atoms with Crippen molar-refractivity contribution in [3.8, 4) is 0 Å². The van der Waals surface area contributed by atoms with Gasteiger partial charge in [0, 0.05) is 43.8 Å². The highest BCUT2D eigenvalue weighted by Crippen LogP contribution is 2.16. The molecule has 6 nitrogen and oxygen atoms in total. The van der Waals surface area contributed by atoms with Crippen LogP contribution in [0.1, 0.15) is 41.1 Å². The number of amides is 2. The maximum atomic E-state index is 12.4. The number of aromatic nitrogens is 1. The summed E-state index contributed by atoms with van der Waals surface area (Å²) < 4.78 is 0. The van der Waals surface area contributed by atoms with E-state index in [-0.39, 0.29) is 17.5 Å². The van der Waals surface area contributed by atoms with Crippen LogP contribution in [-0.4, -0.2) is 37.4 Å². The maximum absolute atomic E-state index is 12.4. The van der Waals surface area contributed by atoms with Crippen molar-refractivity contribution in [3.63, 3.8) is 0 Å². The molecule has 0 spiro atoms. The molecule has 2 rings (SSSR count). The van der Waals surface area contributed by atoms with E-state index < -0.39 is 0 Å². The molecule has 0 atom stereocenters. The fourth-order valence-corrected chi connectivity index (χ4v) is 2.31. The first-order valence-electron chi connectivity index (χ1n) is 8.70. The van der Waals surface area contributed by atoms with Crippen LogP contribution in [0.3, 0.4) is 0 Å². The van der Waals surface area contributed by atoms with E-state index in [1.54, 1.807) is 6.07 Å². The van der Waals surface area contributed by atoms with E-state index in [1.807, 2.05) is 43.3 Å². The number of carbonyl (C=O) groups is 2. The molecule has 26 heavy (non-hydrogen) atoms. The van der Waals surface area contributed by atoms with E-state index in [0.717, 1.165) is 12.1 Å². The number of rotatable bonds is 7. The molecule has 0 fully saturated rings. The van der Waals surface area contributed by atoms with Gasteiger partial charge in [-0.2, -0.15) is 0 Å². The lowest BCUT2D eigenvalue weighted by Gasteiger charge is -2.13. The Labute approximate surface area is 154 Å². The summed E-state index contributed by atoms with van der Waals surface area (Å²) in [6, 6.07) is 10.6. The van der Waals surface area contributed by atoms with Gasteiger partial charge in [0.05, 0.1) is 0 Å². The Morgan fingerprint density at radius 2 is 1.77 bits per heavy atom. The van der Waals surface area contributed by atoms with Crippen LogP contribution in [0.25, 0.3) is 0 Å². The first-order valence-corrected chi connectivity index (χ1v) is 8.70. The highest BCUT2D eigenvalue weighted by molar-refractivity contribution is 6.05. The lowest BCUT2D eigenvalue weighted by molar-refractivity contribution is 0.0947. The predicted molar refractivity (Wildman–Crippen MR) is 105 cm³/mol. The molecule has 2 amide bonds. The third kappa shape index (κ3) is 5.58. The Balaban J connectivity index is 2.01. The molecular weight excluding hydrogens is 328 g/mol. The molecule has 2 aromatic rings. The smallest absolute Gasteiger partial charge is 0.269 e. The summed E-state index contributed by atoms with van der Waals surface area (Å²) in [7, 11) is 3.91. The number of pyridine rings is 1. The van der Waals surface area contributed by atoms with E-state index >= 15 is 0 Å². The number of anilines is 2. The summed E-state index contributed by atoms with van der Waals surface area (Å²) in [6.07, 6.45) is 2.37. The molecule has 2 N–H and O–H groups in total. The summed E-state index contributed by atoms with van der Waals surface area (Å²) in [4.78, 5) is 30.6. The highest BCUT2D eigenvalue weighted by atomic mass is 16.2. The van der Waals surface area contributed by atoms with Gasteiger partial charge < -0.3 is 15.5 Å². The number of nitrogens with one attached hydrogen (secondary N) is 2. The van der Waals surface area contributed by atoms with Gasteiger partial charge in [-0.3, -0.25) is 14.6 Å². The molecule has 6 heteroatoms. The summed E-state index contributed by atoms with van der Waals surface area (Å²) in [5.41, 5.74) is 2.38. The monoisotopic (exact) mass is 354 g/mol. The first-order chi connectivity index (χ1) is 12.4. The first kappa shape index (κ1) is 19.4. The average Bonchev–Trinajstić information content (AvgIpc) is 2.62. The zero-order chi connectivity index (χ0) is 19.1. The van der Waals surface area contributed by atoms with Crippen molar-refractivity contribution in [2.24, 2.45) is 5.92 Å². The molecule has 0 aliphatic rings. The van der Waals surface area contributed by atoms with E-state index in [1.165, 1.54) is 12.3 Å². The Morgan fingerprint density at radius 1 is 1.08 bits per heavy atom. The number of hydrogen-bond donors (Lipinski definition) is 2.